The summed E-state index contributed by atoms with van der Waals surface area (Å²) >= 11 is 0. The molecule has 3 rings (SSSR count). The maximum absolute atomic E-state index is 12.5. The van der Waals surface area contributed by atoms with E-state index in [4.69, 9.17) is 0 Å². The smallest absolute Gasteiger partial charge is 0.317 e. The van der Waals surface area contributed by atoms with Crippen LogP contribution in [-0.2, 0) is 4.79 Å². The minimum absolute atomic E-state index is 0.0467. The summed E-state index contributed by atoms with van der Waals surface area (Å²) in [6.07, 6.45) is 11.2. The summed E-state index contributed by atoms with van der Waals surface area (Å²) in [5.41, 5.74) is 1.49. The molecule has 23 heavy (non-hydrogen) atoms. The Labute approximate surface area is 139 Å². The van der Waals surface area contributed by atoms with Gasteiger partial charge >= 0.3 is 6.03 Å². The Bertz CT molecular complexity index is 485. The molecule has 3 amide bonds. The molecular weight excluding hydrogens is 290 g/mol. The van der Waals surface area contributed by atoms with E-state index in [0.717, 1.165) is 45.2 Å². The Morgan fingerprint density at radius 1 is 1.30 bits per heavy atom. The van der Waals surface area contributed by atoms with E-state index in [9.17, 15) is 9.59 Å². The number of nitrogens with zero attached hydrogens (tertiary/aromatic N) is 2. The van der Waals surface area contributed by atoms with Crippen LogP contribution < -0.4 is 5.32 Å². The number of hydrogen-bond donors (Lipinski definition) is 1. The fraction of sp³-hybridized carbons (Fsp3) is 0.778. The van der Waals surface area contributed by atoms with Gasteiger partial charge in [-0.3, -0.25) is 4.79 Å². The molecule has 2 aliphatic carbocycles. The third-order valence-electron chi connectivity index (χ3n) is 5.29. The van der Waals surface area contributed by atoms with Crippen molar-refractivity contribution in [2.45, 2.75) is 70.4 Å². The van der Waals surface area contributed by atoms with Crippen molar-refractivity contribution in [1.82, 2.24) is 15.1 Å². The second-order valence-corrected chi connectivity index (χ2v) is 7.13. The number of likely N-dealkylation sites (tertiary alicyclic amines) is 1. The summed E-state index contributed by atoms with van der Waals surface area (Å²) in [7, 11) is 0. The SMILES string of the molecule is CC(=O)N(C[C@H]1CCCN1C(=O)NCCC1=CCCC1)C1CC1. The Kier molecular flexibility index (Phi) is 5.23. The van der Waals surface area contributed by atoms with Crippen LogP contribution in [-0.4, -0.2) is 53.5 Å². The van der Waals surface area contributed by atoms with E-state index in [1.54, 1.807) is 6.92 Å². The molecule has 5 heteroatoms. The van der Waals surface area contributed by atoms with Gasteiger partial charge in [0, 0.05) is 32.6 Å². The Morgan fingerprint density at radius 3 is 2.78 bits per heavy atom. The van der Waals surface area contributed by atoms with E-state index >= 15 is 0 Å². The van der Waals surface area contributed by atoms with E-state index < -0.39 is 0 Å². The molecule has 0 spiro atoms. The van der Waals surface area contributed by atoms with Crippen molar-refractivity contribution in [3.05, 3.63) is 11.6 Å². The van der Waals surface area contributed by atoms with Crippen molar-refractivity contribution in [2.75, 3.05) is 19.6 Å². The first-order chi connectivity index (χ1) is 11.1. The van der Waals surface area contributed by atoms with Gasteiger partial charge in [0.25, 0.3) is 0 Å². The number of hydrogen-bond acceptors (Lipinski definition) is 2. The molecule has 1 saturated heterocycles. The van der Waals surface area contributed by atoms with Gasteiger partial charge in [0.2, 0.25) is 5.91 Å². The van der Waals surface area contributed by atoms with Gasteiger partial charge in [0.05, 0.1) is 6.04 Å². The van der Waals surface area contributed by atoms with Gasteiger partial charge in [-0.1, -0.05) is 11.6 Å². The van der Waals surface area contributed by atoms with Crippen LogP contribution in [0.15, 0.2) is 11.6 Å². The molecule has 2 fully saturated rings. The van der Waals surface area contributed by atoms with Crippen LogP contribution in [0.25, 0.3) is 0 Å². The summed E-state index contributed by atoms with van der Waals surface area (Å²) in [4.78, 5) is 28.2. The van der Waals surface area contributed by atoms with Crippen molar-refractivity contribution in [1.29, 1.82) is 0 Å². The topological polar surface area (TPSA) is 52.7 Å². The fourth-order valence-corrected chi connectivity index (χ4v) is 3.84. The van der Waals surface area contributed by atoms with Crippen LogP contribution in [0.4, 0.5) is 4.79 Å². The molecule has 128 valence electrons. The second kappa shape index (κ2) is 7.37. The molecule has 5 nitrogen and oxygen atoms in total. The van der Waals surface area contributed by atoms with Crippen LogP contribution in [0.3, 0.4) is 0 Å². The van der Waals surface area contributed by atoms with Gasteiger partial charge in [-0.2, -0.15) is 0 Å². The molecule has 1 N–H and O–H groups in total. The normalized spacial score (nSPS) is 23.8. The summed E-state index contributed by atoms with van der Waals surface area (Å²) in [5, 5.41) is 3.07. The molecular formula is C18H29N3O2. The highest BCUT2D eigenvalue weighted by Gasteiger charge is 2.36. The zero-order chi connectivity index (χ0) is 16.2. The number of carbonyl (C=O) groups excluding carboxylic acids is 2. The van der Waals surface area contributed by atoms with Crippen LogP contribution in [0.2, 0.25) is 0 Å². The summed E-state index contributed by atoms with van der Waals surface area (Å²) in [6.45, 7) is 3.90. The zero-order valence-corrected chi connectivity index (χ0v) is 14.2. The first-order valence-corrected chi connectivity index (χ1v) is 9.14. The van der Waals surface area contributed by atoms with Gasteiger partial charge in [-0.15, -0.1) is 0 Å². The van der Waals surface area contributed by atoms with E-state index in [2.05, 4.69) is 11.4 Å². The third kappa shape index (κ3) is 4.27. The second-order valence-electron chi connectivity index (χ2n) is 7.13. The number of amides is 3. The molecule has 0 radical (unpaired) electrons. The predicted octanol–water partition coefficient (Wildman–Crippen LogP) is 2.67. The summed E-state index contributed by atoms with van der Waals surface area (Å²) < 4.78 is 0. The number of rotatable bonds is 6. The van der Waals surface area contributed by atoms with Gasteiger partial charge in [-0.05, 0) is 51.4 Å². The van der Waals surface area contributed by atoms with E-state index in [1.807, 2.05) is 9.80 Å². The van der Waals surface area contributed by atoms with Crippen molar-refractivity contribution in [3.63, 3.8) is 0 Å². The molecule has 0 aromatic heterocycles. The molecule has 1 atom stereocenters. The minimum Gasteiger partial charge on any atom is -0.338 e. The molecule has 0 aromatic rings. The monoisotopic (exact) mass is 319 g/mol. The Morgan fingerprint density at radius 2 is 2.13 bits per heavy atom. The van der Waals surface area contributed by atoms with Crippen LogP contribution >= 0.6 is 0 Å². The quantitative estimate of drug-likeness (QED) is 0.765. The van der Waals surface area contributed by atoms with Crippen molar-refractivity contribution >= 4 is 11.9 Å². The fourth-order valence-electron chi connectivity index (χ4n) is 3.84. The van der Waals surface area contributed by atoms with E-state index in [-0.39, 0.29) is 18.0 Å². The molecule has 1 aliphatic heterocycles. The minimum atomic E-state index is 0.0467. The van der Waals surface area contributed by atoms with Crippen molar-refractivity contribution in [2.24, 2.45) is 0 Å². The largest absolute Gasteiger partial charge is 0.338 e. The molecule has 0 aromatic carbocycles. The highest BCUT2D eigenvalue weighted by Crippen LogP contribution is 2.29. The molecule has 0 bridgehead atoms. The number of nitrogens with one attached hydrogen (secondary N) is 1. The molecule has 0 unspecified atom stereocenters. The van der Waals surface area contributed by atoms with Gasteiger partial charge < -0.3 is 15.1 Å². The Balaban J connectivity index is 1.47. The summed E-state index contributed by atoms with van der Waals surface area (Å²) in [6, 6.07) is 0.655. The predicted molar refractivity (Wildman–Crippen MR) is 90.1 cm³/mol. The van der Waals surface area contributed by atoms with Gasteiger partial charge in [-0.25, -0.2) is 4.79 Å². The first kappa shape index (κ1) is 16.3. The number of urea groups is 1. The lowest BCUT2D eigenvalue weighted by atomic mass is 10.2. The first-order valence-electron chi connectivity index (χ1n) is 9.14. The van der Waals surface area contributed by atoms with Crippen LogP contribution in [0, 0.1) is 0 Å². The zero-order valence-electron chi connectivity index (χ0n) is 14.2. The molecule has 1 heterocycles. The average molecular weight is 319 g/mol. The number of carbonyl (C=O) groups is 2. The highest BCUT2D eigenvalue weighted by molar-refractivity contribution is 5.76. The maximum atomic E-state index is 12.5. The standard InChI is InChI=1S/C18H29N3O2/c1-14(22)21(16-8-9-16)13-17-7-4-12-20(17)18(23)19-11-10-15-5-2-3-6-15/h5,16-17H,2-4,6-13H2,1H3,(H,19,23)/t17-/m1/s1. The number of allylic oxidation sites excluding steroid dienone is 1. The van der Waals surface area contributed by atoms with Crippen LogP contribution in [0.5, 0.6) is 0 Å². The van der Waals surface area contributed by atoms with Crippen molar-refractivity contribution < 1.29 is 9.59 Å². The van der Waals surface area contributed by atoms with E-state index in [0.29, 0.717) is 12.6 Å². The lowest BCUT2D eigenvalue weighted by molar-refractivity contribution is -0.130. The Hall–Kier alpha value is -1.52. The highest BCUT2D eigenvalue weighted by atomic mass is 16.2. The average Bonchev–Trinajstić information content (AvgIpc) is 3.03. The molecule has 1 saturated carbocycles. The summed E-state index contributed by atoms with van der Waals surface area (Å²) in [5.74, 6) is 0.146. The maximum Gasteiger partial charge on any atom is 0.317 e. The van der Waals surface area contributed by atoms with Gasteiger partial charge in [0.1, 0.15) is 0 Å². The van der Waals surface area contributed by atoms with E-state index in [1.165, 1.54) is 24.8 Å². The van der Waals surface area contributed by atoms with Crippen molar-refractivity contribution in [3.8, 4) is 0 Å². The third-order valence-corrected chi connectivity index (χ3v) is 5.29. The lowest BCUT2D eigenvalue weighted by Crippen LogP contribution is -2.49. The van der Waals surface area contributed by atoms with Gasteiger partial charge in [0.15, 0.2) is 0 Å². The lowest BCUT2D eigenvalue weighted by Gasteiger charge is -2.30. The van der Waals surface area contributed by atoms with Crippen LogP contribution in [0.1, 0.15) is 58.3 Å². The molecule has 3 aliphatic rings.